The molecule has 17 heavy (non-hydrogen) atoms. The van der Waals surface area contributed by atoms with E-state index in [0.717, 1.165) is 0 Å². The van der Waals surface area contributed by atoms with Crippen LogP contribution in [-0.4, -0.2) is 18.9 Å². The molecule has 0 radical (unpaired) electrons. The summed E-state index contributed by atoms with van der Waals surface area (Å²) in [4.78, 5) is 23.3. The molecule has 0 atom stereocenters. The lowest BCUT2D eigenvalue weighted by Crippen LogP contribution is -2.13. The van der Waals surface area contributed by atoms with Crippen LogP contribution >= 0.6 is 0 Å². The molecule has 0 bridgehead atoms. The Bertz CT molecular complexity index is 427. The molecule has 1 aromatic carbocycles. The van der Waals surface area contributed by atoms with Crippen molar-refractivity contribution in [1.29, 1.82) is 0 Å². The molecule has 3 nitrogen and oxygen atoms in total. The van der Waals surface area contributed by atoms with Crippen LogP contribution in [0.3, 0.4) is 0 Å². The number of methoxy groups -OCH3 is 1. The highest BCUT2D eigenvalue weighted by molar-refractivity contribution is 5.99. The van der Waals surface area contributed by atoms with Crippen molar-refractivity contribution in [1.82, 2.24) is 0 Å². The van der Waals surface area contributed by atoms with E-state index in [1.54, 1.807) is 24.3 Å². The molecule has 0 unspecified atom stereocenters. The van der Waals surface area contributed by atoms with E-state index in [4.69, 9.17) is 0 Å². The number of hydrogen-bond acceptors (Lipinski definition) is 3. The Morgan fingerprint density at radius 2 is 1.76 bits per heavy atom. The summed E-state index contributed by atoms with van der Waals surface area (Å²) in [6.45, 7) is 6.03. The summed E-state index contributed by atoms with van der Waals surface area (Å²) in [6.07, 6.45) is 0.456. The van der Waals surface area contributed by atoms with Gasteiger partial charge in [0.05, 0.1) is 12.7 Å². The Balaban J connectivity index is 2.92. The van der Waals surface area contributed by atoms with Crippen molar-refractivity contribution >= 4 is 11.8 Å². The molecule has 3 heteroatoms. The summed E-state index contributed by atoms with van der Waals surface area (Å²) in [6, 6.07) is 6.64. The van der Waals surface area contributed by atoms with Crippen LogP contribution in [-0.2, 0) is 4.74 Å². The van der Waals surface area contributed by atoms with Crippen molar-refractivity contribution < 1.29 is 14.3 Å². The quantitative estimate of drug-likeness (QED) is 0.596. The Morgan fingerprint density at radius 1 is 1.18 bits per heavy atom. The second-order valence-corrected chi connectivity index (χ2v) is 5.23. The number of carbonyl (C=O) groups excluding carboxylic acids is 2. The van der Waals surface area contributed by atoms with Gasteiger partial charge in [-0.1, -0.05) is 32.9 Å². The van der Waals surface area contributed by atoms with Crippen LogP contribution in [0.1, 0.15) is 47.9 Å². The number of ketones is 1. The fraction of sp³-hybridized carbons (Fsp3) is 0.429. The molecule has 0 amide bonds. The van der Waals surface area contributed by atoms with Gasteiger partial charge in [-0.05, 0) is 17.5 Å². The lowest BCUT2D eigenvalue weighted by molar-refractivity contribution is 0.0600. The highest BCUT2D eigenvalue weighted by Gasteiger charge is 2.18. The third kappa shape index (κ3) is 4.02. The van der Waals surface area contributed by atoms with Gasteiger partial charge in [-0.25, -0.2) is 4.79 Å². The molecule has 0 spiro atoms. The monoisotopic (exact) mass is 234 g/mol. The molecule has 0 aliphatic rings. The van der Waals surface area contributed by atoms with Crippen molar-refractivity contribution in [3.63, 3.8) is 0 Å². The molecule has 0 aliphatic carbocycles. The molecule has 0 N–H and O–H groups in total. The molecule has 1 aromatic rings. The lowest BCUT2D eigenvalue weighted by atomic mass is 9.87. The molecule has 0 aliphatic heterocycles. The summed E-state index contributed by atoms with van der Waals surface area (Å²) in [7, 11) is 1.33. The molecule has 0 saturated carbocycles. The molecule has 1 rings (SSSR count). The Labute approximate surface area is 102 Å². The van der Waals surface area contributed by atoms with Crippen molar-refractivity contribution in [2.24, 2.45) is 5.41 Å². The maximum atomic E-state index is 12.0. The topological polar surface area (TPSA) is 43.4 Å². The van der Waals surface area contributed by atoms with Crippen molar-refractivity contribution in [3.8, 4) is 0 Å². The largest absolute Gasteiger partial charge is 0.465 e. The van der Waals surface area contributed by atoms with Gasteiger partial charge >= 0.3 is 5.97 Å². The first-order chi connectivity index (χ1) is 7.83. The minimum Gasteiger partial charge on any atom is -0.465 e. The van der Waals surface area contributed by atoms with E-state index in [1.807, 2.05) is 20.8 Å². The van der Waals surface area contributed by atoms with Crippen LogP contribution in [0.2, 0.25) is 0 Å². The zero-order valence-electron chi connectivity index (χ0n) is 10.7. The van der Waals surface area contributed by atoms with Crippen LogP contribution < -0.4 is 0 Å². The fourth-order valence-corrected chi connectivity index (χ4v) is 1.52. The number of rotatable bonds is 3. The predicted octanol–water partition coefficient (Wildman–Crippen LogP) is 3.09. The Kier molecular flexibility index (Phi) is 4.05. The third-order valence-corrected chi connectivity index (χ3v) is 2.30. The minimum atomic E-state index is -0.421. The van der Waals surface area contributed by atoms with E-state index in [2.05, 4.69) is 4.74 Å². The third-order valence-electron chi connectivity index (χ3n) is 2.30. The van der Waals surface area contributed by atoms with E-state index in [0.29, 0.717) is 17.5 Å². The summed E-state index contributed by atoms with van der Waals surface area (Å²) in [5.41, 5.74) is 0.910. The van der Waals surface area contributed by atoms with Crippen LogP contribution in [0.25, 0.3) is 0 Å². The molecule has 0 heterocycles. The van der Waals surface area contributed by atoms with Gasteiger partial charge in [-0.15, -0.1) is 0 Å². The zero-order valence-corrected chi connectivity index (χ0v) is 10.7. The summed E-state index contributed by atoms with van der Waals surface area (Å²) in [5, 5.41) is 0. The maximum absolute atomic E-state index is 12.0. The highest BCUT2D eigenvalue weighted by atomic mass is 16.5. The fourth-order valence-electron chi connectivity index (χ4n) is 1.52. The van der Waals surface area contributed by atoms with E-state index in [9.17, 15) is 9.59 Å². The Hall–Kier alpha value is -1.64. The average molecular weight is 234 g/mol. The van der Waals surface area contributed by atoms with E-state index in [-0.39, 0.29) is 11.2 Å². The van der Waals surface area contributed by atoms with Crippen LogP contribution in [0, 0.1) is 5.41 Å². The average Bonchev–Trinajstić information content (AvgIpc) is 2.26. The normalized spacial score (nSPS) is 11.1. The summed E-state index contributed by atoms with van der Waals surface area (Å²) >= 11 is 0. The molecule has 0 saturated heterocycles. The lowest BCUT2D eigenvalue weighted by Gasteiger charge is -2.16. The summed E-state index contributed by atoms with van der Waals surface area (Å²) in [5.74, 6) is -0.376. The maximum Gasteiger partial charge on any atom is 0.337 e. The molecular weight excluding hydrogens is 216 g/mol. The van der Waals surface area contributed by atoms with Gasteiger partial charge in [0.1, 0.15) is 0 Å². The van der Waals surface area contributed by atoms with Gasteiger partial charge in [0.15, 0.2) is 5.78 Å². The van der Waals surface area contributed by atoms with Crippen molar-refractivity contribution in [2.45, 2.75) is 27.2 Å². The van der Waals surface area contributed by atoms with E-state index < -0.39 is 5.97 Å². The number of Topliss-reactive ketones (excluding diaryl/α,β-unsaturated/α-hetero) is 1. The molecular formula is C14H18O3. The Morgan fingerprint density at radius 3 is 2.29 bits per heavy atom. The predicted molar refractivity (Wildman–Crippen MR) is 66.2 cm³/mol. The van der Waals surface area contributed by atoms with Gasteiger partial charge in [0.2, 0.25) is 0 Å². The zero-order chi connectivity index (χ0) is 13.1. The van der Waals surface area contributed by atoms with E-state index in [1.165, 1.54) is 7.11 Å². The van der Waals surface area contributed by atoms with Gasteiger partial charge in [0, 0.05) is 12.0 Å². The number of ether oxygens (including phenoxy) is 1. The van der Waals surface area contributed by atoms with Crippen molar-refractivity contribution in [3.05, 3.63) is 35.4 Å². The highest BCUT2D eigenvalue weighted by Crippen LogP contribution is 2.21. The molecule has 92 valence electrons. The second kappa shape index (κ2) is 5.13. The van der Waals surface area contributed by atoms with Crippen LogP contribution in [0.15, 0.2) is 24.3 Å². The second-order valence-electron chi connectivity index (χ2n) is 5.23. The van der Waals surface area contributed by atoms with Gasteiger partial charge in [-0.3, -0.25) is 4.79 Å². The number of carbonyl (C=O) groups is 2. The van der Waals surface area contributed by atoms with Gasteiger partial charge in [0.25, 0.3) is 0 Å². The molecule has 0 fully saturated rings. The minimum absolute atomic E-state index is 0.0447. The first-order valence-corrected chi connectivity index (χ1v) is 5.55. The SMILES string of the molecule is COC(=O)c1cccc(C(=O)CC(C)(C)C)c1. The number of esters is 1. The smallest absolute Gasteiger partial charge is 0.337 e. The van der Waals surface area contributed by atoms with Gasteiger partial charge < -0.3 is 4.74 Å². The van der Waals surface area contributed by atoms with Crippen LogP contribution in [0.5, 0.6) is 0 Å². The van der Waals surface area contributed by atoms with E-state index >= 15 is 0 Å². The molecule has 0 aromatic heterocycles. The number of benzene rings is 1. The van der Waals surface area contributed by atoms with Crippen LogP contribution in [0.4, 0.5) is 0 Å². The summed E-state index contributed by atoms with van der Waals surface area (Å²) < 4.78 is 4.62. The van der Waals surface area contributed by atoms with Gasteiger partial charge in [-0.2, -0.15) is 0 Å². The number of hydrogen-bond donors (Lipinski definition) is 0. The van der Waals surface area contributed by atoms with Crippen molar-refractivity contribution in [2.75, 3.05) is 7.11 Å². The standard InChI is InChI=1S/C14H18O3/c1-14(2,3)9-12(15)10-6-5-7-11(8-10)13(16)17-4/h5-8H,9H2,1-4H3. The first kappa shape index (κ1) is 13.4. The first-order valence-electron chi connectivity index (χ1n) is 5.55.